The molecule has 0 saturated carbocycles. The highest BCUT2D eigenvalue weighted by molar-refractivity contribution is 5.98. The lowest BCUT2D eigenvalue weighted by atomic mass is 10.1. The van der Waals surface area contributed by atoms with Crippen molar-refractivity contribution in [2.24, 2.45) is 0 Å². The van der Waals surface area contributed by atoms with Gasteiger partial charge in [-0.25, -0.2) is 9.59 Å². The average Bonchev–Trinajstić information content (AvgIpc) is 2.62. The largest absolute Gasteiger partial charge is 0.488 e. The molecule has 0 spiro atoms. The van der Waals surface area contributed by atoms with E-state index in [4.69, 9.17) is 14.2 Å². The second kappa shape index (κ2) is 8.75. The molecule has 27 heavy (non-hydrogen) atoms. The van der Waals surface area contributed by atoms with Crippen LogP contribution in [0.2, 0.25) is 0 Å². The monoisotopic (exact) mass is 373 g/mol. The Morgan fingerprint density at radius 1 is 1.11 bits per heavy atom. The molecule has 0 aromatic heterocycles. The number of nitrogens with one attached hydrogen (secondary N) is 1. The van der Waals surface area contributed by atoms with Gasteiger partial charge in [-0.3, -0.25) is 0 Å². The maximum absolute atomic E-state index is 12.2. The molecule has 1 amide bonds. The van der Waals surface area contributed by atoms with E-state index in [1.54, 1.807) is 26.8 Å². The van der Waals surface area contributed by atoms with E-state index in [9.17, 15) is 9.59 Å². The molecule has 6 nitrogen and oxygen atoms in total. The van der Waals surface area contributed by atoms with Crippen LogP contribution in [0.3, 0.4) is 0 Å². The summed E-state index contributed by atoms with van der Waals surface area (Å²) >= 11 is 0. The number of benzene rings is 2. The number of ether oxygens (including phenoxy) is 3. The van der Waals surface area contributed by atoms with Crippen molar-refractivity contribution >= 4 is 22.8 Å². The minimum absolute atomic E-state index is 0.263. The van der Waals surface area contributed by atoms with Crippen LogP contribution in [0, 0.1) is 0 Å². The maximum Gasteiger partial charge on any atom is 0.407 e. The highest BCUT2D eigenvalue weighted by Crippen LogP contribution is 2.28. The van der Waals surface area contributed by atoms with Crippen molar-refractivity contribution in [1.82, 2.24) is 5.32 Å². The van der Waals surface area contributed by atoms with Gasteiger partial charge in [0.2, 0.25) is 0 Å². The fourth-order valence-electron chi connectivity index (χ4n) is 2.55. The number of rotatable bonds is 6. The SMILES string of the molecule is CC[C@H](CNC(=O)OC(C)(C)C)Oc1cc2ccccc2cc1C(=O)OC. The average molecular weight is 373 g/mol. The van der Waals surface area contributed by atoms with E-state index in [-0.39, 0.29) is 12.6 Å². The predicted octanol–water partition coefficient (Wildman–Crippen LogP) is 4.31. The first-order valence-corrected chi connectivity index (χ1v) is 8.98. The highest BCUT2D eigenvalue weighted by atomic mass is 16.6. The molecule has 6 heteroatoms. The molecular formula is C21H27NO5. The second-order valence-electron chi connectivity index (χ2n) is 7.22. The van der Waals surface area contributed by atoms with Gasteiger partial charge in [0.05, 0.1) is 13.7 Å². The minimum atomic E-state index is -0.566. The van der Waals surface area contributed by atoms with Gasteiger partial charge in [-0.2, -0.15) is 0 Å². The molecule has 1 N–H and O–H groups in total. The molecule has 146 valence electrons. The van der Waals surface area contributed by atoms with Gasteiger partial charge in [-0.15, -0.1) is 0 Å². The number of methoxy groups -OCH3 is 1. The second-order valence-corrected chi connectivity index (χ2v) is 7.22. The summed E-state index contributed by atoms with van der Waals surface area (Å²) in [6, 6.07) is 11.3. The maximum atomic E-state index is 12.2. The molecule has 0 bridgehead atoms. The summed E-state index contributed by atoms with van der Waals surface area (Å²) in [6.07, 6.45) is -0.179. The zero-order valence-electron chi connectivity index (χ0n) is 16.5. The molecule has 0 unspecified atom stereocenters. The molecule has 0 heterocycles. The summed E-state index contributed by atoms with van der Waals surface area (Å²) in [5.74, 6) is -0.0379. The van der Waals surface area contributed by atoms with Gasteiger partial charge in [-0.1, -0.05) is 31.2 Å². The number of carbonyl (C=O) groups is 2. The Morgan fingerprint density at radius 2 is 1.74 bits per heavy atom. The van der Waals surface area contributed by atoms with E-state index in [2.05, 4.69) is 5.32 Å². The molecule has 2 aromatic rings. The smallest absolute Gasteiger partial charge is 0.407 e. The summed E-state index contributed by atoms with van der Waals surface area (Å²) in [7, 11) is 1.34. The summed E-state index contributed by atoms with van der Waals surface area (Å²) in [6.45, 7) is 7.62. The van der Waals surface area contributed by atoms with E-state index < -0.39 is 17.7 Å². The molecule has 0 fully saturated rings. The lowest BCUT2D eigenvalue weighted by Crippen LogP contribution is -2.38. The van der Waals surface area contributed by atoms with Crippen LogP contribution in [0.5, 0.6) is 5.75 Å². The fourth-order valence-corrected chi connectivity index (χ4v) is 2.55. The molecule has 2 rings (SSSR count). The summed E-state index contributed by atoms with van der Waals surface area (Å²) in [5, 5.41) is 4.58. The molecule has 2 aromatic carbocycles. The van der Waals surface area contributed by atoms with E-state index in [1.165, 1.54) is 7.11 Å². The summed E-state index contributed by atoms with van der Waals surface area (Å²) < 4.78 is 16.2. The number of carbonyl (C=O) groups excluding carboxylic acids is 2. The Balaban J connectivity index is 2.18. The number of esters is 1. The van der Waals surface area contributed by atoms with Crippen LogP contribution in [-0.2, 0) is 9.47 Å². The van der Waals surface area contributed by atoms with E-state index in [1.807, 2.05) is 37.3 Å². The third-order valence-electron chi connectivity index (χ3n) is 3.88. The van der Waals surface area contributed by atoms with Crippen molar-refractivity contribution in [1.29, 1.82) is 0 Å². The molecule has 0 aliphatic heterocycles. The number of hydrogen-bond donors (Lipinski definition) is 1. The van der Waals surface area contributed by atoms with Crippen LogP contribution in [-0.4, -0.2) is 37.4 Å². The normalized spacial score (nSPS) is 12.3. The van der Waals surface area contributed by atoms with Gasteiger partial charge in [0.1, 0.15) is 23.0 Å². The lowest BCUT2D eigenvalue weighted by Gasteiger charge is -2.23. The number of fused-ring (bicyclic) bond motifs is 1. The van der Waals surface area contributed by atoms with Crippen LogP contribution in [0.15, 0.2) is 36.4 Å². The zero-order valence-corrected chi connectivity index (χ0v) is 16.5. The molecule has 0 saturated heterocycles. The van der Waals surface area contributed by atoms with Gasteiger partial charge >= 0.3 is 12.1 Å². The van der Waals surface area contributed by atoms with Crippen LogP contribution < -0.4 is 10.1 Å². The molecule has 1 atom stereocenters. The number of alkyl carbamates (subject to hydrolysis) is 1. The predicted molar refractivity (Wildman–Crippen MR) is 104 cm³/mol. The van der Waals surface area contributed by atoms with Gasteiger partial charge < -0.3 is 19.5 Å². The Morgan fingerprint density at radius 3 is 2.30 bits per heavy atom. The topological polar surface area (TPSA) is 73.9 Å². The zero-order chi connectivity index (χ0) is 20.0. The van der Waals surface area contributed by atoms with Crippen molar-refractivity contribution in [3.63, 3.8) is 0 Å². The highest BCUT2D eigenvalue weighted by Gasteiger charge is 2.20. The molecule has 0 aliphatic carbocycles. The van der Waals surface area contributed by atoms with Gasteiger partial charge in [0.25, 0.3) is 0 Å². The van der Waals surface area contributed by atoms with Crippen LogP contribution in [0.4, 0.5) is 4.79 Å². The van der Waals surface area contributed by atoms with Crippen LogP contribution in [0.25, 0.3) is 10.8 Å². The van der Waals surface area contributed by atoms with Crippen molar-refractivity contribution in [2.45, 2.75) is 45.8 Å². The molecule has 0 radical (unpaired) electrons. The Bertz CT molecular complexity index is 810. The van der Waals surface area contributed by atoms with Gasteiger partial charge in [-0.05, 0) is 50.1 Å². The first-order chi connectivity index (χ1) is 12.7. The van der Waals surface area contributed by atoms with E-state index in [0.29, 0.717) is 17.7 Å². The van der Waals surface area contributed by atoms with Crippen LogP contribution in [0.1, 0.15) is 44.5 Å². The third kappa shape index (κ3) is 5.88. The van der Waals surface area contributed by atoms with Crippen molar-refractivity contribution in [2.75, 3.05) is 13.7 Å². The van der Waals surface area contributed by atoms with Gasteiger partial charge in [0, 0.05) is 0 Å². The standard InChI is InChI=1S/C21H27NO5/c1-6-16(13-22-20(24)27-21(2,3)4)26-18-12-15-10-8-7-9-14(15)11-17(18)19(23)25-5/h7-12,16H,6,13H2,1-5H3,(H,22,24)/t16-/m1/s1. The first kappa shape index (κ1) is 20.6. The summed E-state index contributed by atoms with van der Waals surface area (Å²) in [5.41, 5.74) is -0.213. The van der Waals surface area contributed by atoms with Crippen molar-refractivity contribution in [3.8, 4) is 5.75 Å². The van der Waals surface area contributed by atoms with Crippen LogP contribution >= 0.6 is 0 Å². The Labute approximate surface area is 159 Å². The molecule has 0 aliphatic rings. The molecular weight excluding hydrogens is 346 g/mol. The van der Waals surface area contributed by atoms with Crippen molar-refractivity contribution < 1.29 is 23.8 Å². The third-order valence-corrected chi connectivity index (χ3v) is 3.88. The van der Waals surface area contributed by atoms with E-state index in [0.717, 1.165) is 10.8 Å². The first-order valence-electron chi connectivity index (χ1n) is 8.98. The minimum Gasteiger partial charge on any atom is -0.488 e. The Kier molecular flexibility index (Phi) is 6.66. The number of hydrogen-bond acceptors (Lipinski definition) is 5. The lowest BCUT2D eigenvalue weighted by molar-refractivity contribution is 0.0493. The Hall–Kier alpha value is -2.76. The van der Waals surface area contributed by atoms with Gasteiger partial charge in [0.15, 0.2) is 0 Å². The number of amides is 1. The van der Waals surface area contributed by atoms with Crippen molar-refractivity contribution in [3.05, 3.63) is 42.0 Å². The fraction of sp³-hybridized carbons (Fsp3) is 0.429. The quantitative estimate of drug-likeness (QED) is 0.764. The summed E-state index contributed by atoms with van der Waals surface area (Å²) in [4.78, 5) is 24.0. The van der Waals surface area contributed by atoms with E-state index >= 15 is 0 Å².